The van der Waals surface area contributed by atoms with Crippen molar-refractivity contribution in [3.05, 3.63) is 28.0 Å². The number of esters is 1. The zero-order valence-electron chi connectivity index (χ0n) is 10.5. The molecule has 0 unspecified atom stereocenters. The summed E-state index contributed by atoms with van der Waals surface area (Å²) in [6, 6.07) is 1.37. The number of pyridine rings is 1. The first-order valence-electron chi connectivity index (χ1n) is 5.42. The SMILES string of the molecule is CC(C)(C)OCCOC(=O)c1cc(Cl)ncc1Cl. The van der Waals surface area contributed by atoms with Gasteiger partial charge in [-0.15, -0.1) is 0 Å². The summed E-state index contributed by atoms with van der Waals surface area (Å²) < 4.78 is 10.4. The van der Waals surface area contributed by atoms with Gasteiger partial charge in [0.25, 0.3) is 0 Å². The number of ether oxygens (including phenoxy) is 2. The van der Waals surface area contributed by atoms with Crippen molar-refractivity contribution in [2.24, 2.45) is 0 Å². The van der Waals surface area contributed by atoms with E-state index < -0.39 is 5.97 Å². The second-order valence-electron chi connectivity index (χ2n) is 4.58. The van der Waals surface area contributed by atoms with Crippen LogP contribution in [0.15, 0.2) is 12.3 Å². The first-order valence-corrected chi connectivity index (χ1v) is 6.17. The third-order valence-electron chi connectivity index (χ3n) is 1.89. The minimum atomic E-state index is -0.540. The van der Waals surface area contributed by atoms with E-state index in [2.05, 4.69) is 4.98 Å². The third-order valence-corrected chi connectivity index (χ3v) is 2.40. The minimum absolute atomic E-state index is 0.159. The first-order chi connectivity index (χ1) is 8.29. The lowest BCUT2D eigenvalue weighted by atomic mass is 10.2. The van der Waals surface area contributed by atoms with Crippen LogP contribution in [-0.4, -0.2) is 29.8 Å². The Bertz CT molecular complexity index is 430. The Hall–Kier alpha value is -0.840. The summed E-state index contributed by atoms with van der Waals surface area (Å²) in [6.45, 7) is 6.26. The van der Waals surface area contributed by atoms with E-state index in [4.69, 9.17) is 32.7 Å². The van der Waals surface area contributed by atoms with Gasteiger partial charge in [-0.3, -0.25) is 0 Å². The molecule has 1 aromatic heterocycles. The standard InChI is InChI=1S/C12H15Cl2NO3/c1-12(2,3)18-5-4-17-11(16)8-6-10(14)15-7-9(8)13/h6-7H,4-5H2,1-3H3. The Balaban J connectivity index is 2.48. The zero-order valence-corrected chi connectivity index (χ0v) is 12.0. The van der Waals surface area contributed by atoms with Crippen LogP contribution < -0.4 is 0 Å². The van der Waals surface area contributed by atoms with E-state index in [1.54, 1.807) is 0 Å². The van der Waals surface area contributed by atoms with Gasteiger partial charge in [-0.25, -0.2) is 9.78 Å². The molecule has 0 bridgehead atoms. The summed E-state index contributed by atoms with van der Waals surface area (Å²) in [5.41, 5.74) is -0.0586. The Morgan fingerprint density at radius 3 is 2.61 bits per heavy atom. The molecule has 0 saturated heterocycles. The second kappa shape index (κ2) is 6.36. The van der Waals surface area contributed by atoms with Gasteiger partial charge in [-0.1, -0.05) is 23.2 Å². The summed E-state index contributed by atoms with van der Waals surface area (Å²) in [5, 5.41) is 0.401. The number of aromatic nitrogens is 1. The summed E-state index contributed by atoms with van der Waals surface area (Å²) in [7, 11) is 0. The van der Waals surface area contributed by atoms with E-state index in [0.29, 0.717) is 6.61 Å². The molecule has 6 heteroatoms. The number of nitrogens with zero attached hydrogens (tertiary/aromatic N) is 1. The van der Waals surface area contributed by atoms with Crippen molar-refractivity contribution in [3.8, 4) is 0 Å². The van der Waals surface area contributed by atoms with Gasteiger partial charge in [0.2, 0.25) is 0 Å². The van der Waals surface area contributed by atoms with E-state index >= 15 is 0 Å². The molecule has 0 aliphatic carbocycles. The fourth-order valence-electron chi connectivity index (χ4n) is 1.13. The van der Waals surface area contributed by atoms with E-state index in [9.17, 15) is 4.79 Å². The first kappa shape index (κ1) is 15.2. The number of carbonyl (C=O) groups is 1. The quantitative estimate of drug-likeness (QED) is 0.485. The molecule has 4 nitrogen and oxygen atoms in total. The van der Waals surface area contributed by atoms with Crippen LogP contribution in [0.25, 0.3) is 0 Å². The smallest absolute Gasteiger partial charge is 0.339 e. The molecule has 1 aromatic rings. The van der Waals surface area contributed by atoms with E-state index in [1.165, 1.54) is 12.3 Å². The Morgan fingerprint density at radius 1 is 1.33 bits per heavy atom. The molecular formula is C12H15Cl2NO3. The molecule has 0 aromatic carbocycles. The predicted molar refractivity (Wildman–Crippen MR) is 70.2 cm³/mol. The van der Waals surface area contributed by atoms with Gasteiger partial charge in [0.05, 0.1) is 22.8 Å². The van der Waals surface area contributed by atoms with Gasteiger partial charge >= 0.3 is 5.97 Å². The number of hydrogen-bond donors (Lipinski definition) is 0. The average Bonchev–Trinajstić information content (AvgIpc) is 2.26. The van der Waals surface area contributed by atoms with Crippen LogP contribution in [0.3, 0.4) is 0 Å². The van der Waals surface area contributed by atoms with E-state index in [0.717, 1.165) is 0 Å². The van der Waals surface area contributed by atoms with Crippen molar-refractivity contribution in [2.45, 2.75) is 26.4 Å². The topological polar surface area (TPSA) is 48.4 Å². The predicted octanol–water partition coefficient (Wildman–Crippen LogP) is 3.36. The minimum Gasteiger partial charge on any atom is -0.460 e. The molecule has 0 N–H and O–H groups in total. The van der Waals surface area contributed by atoms with Crippen LogP contribution >= 0.6 is 23.2 Å². The number of carbonyl (C=O) groups excluding carboxylic acids is 1. The molecule has 0 atom stereocenters. The third kappa shape index (κ3) is 5.21. The lowest BCUT2D eigenvalue weighted by Crippen LogP contribution is -2.22. The zero-order chi connectivity index (χ0) is 13.8. The molecule has 0 fully saturated rings. The normalized spacial score (nSPS) is 11.4. The summed E-state index contributed by atoms with van der Waals surface area (Å²) in [6.07, 6.45) is 1.31. The lowest BCUT2D eigenvalue weighted by Gasteiger charge is -2.19. The maximum atomic E-state index is 11.7. The fourth-order valence-corrected chi connectivity index (χ4v) is 1.47. The fraction of sp³-hybridized carbons (Fsp3) is 0.500. The molecule has 0 radical (unpaired) electrons. The Kier molecular flexibility index (Phi) is 5.38. The Labute approximate surface area is 116 Å². The number of halogens is 2. The second-order valence-corrected chi connectivity index (χ2v) is 5.38. The van der Waals surface area contributed by atoms with Crippen molar-refractivity contribution in [3.63, 3.8) is 0 Å². The highest BCUT2D eigenvalue weighted by Gasteiger charge is 2.14. The number of rotatable bonds is 4. The van der Waals surface area contributed by atoms with E-state index in [1.807, 2.05) is 20.8 Å². The molecule has 18 heavy (non-hydrogen) atoms. The molecular weight excluding hydrogens is 277 g/mol. The van der Waals surface area contributed by atoms with Gasteiger partial charge in [-0.05, 0) is 26.8 Å². The van der Waals surface area contributed by atoms with Crippen LogP contribution in [0.4, 0.5) is 0 Å². The Morgan fingerprint density at radius 2 is 2.00 bits per heavy atom. The van der Waals surface area contributed by atoms with Crippen LogP contribution in [0.2, 0.25) is 10.2 Å². The molecule has 0 aliphatic heterocycles. The van der Waals surface area contributed by atoms with Crippen LogP contribution in [0, 0.1) is 0 Å². The van der Waals surface area contributed by atoms with Crippen molar-refractivity contribution in [1.29, 1.82) is 0 Å². The highest BCUT2D eigenvalue weighted by Crippen LogP contribution is 2.19. The van der Waals surface area contributed by atoms with Crippen molar-refractivity contribution < 1.29 is 14.3 Å². The highest BCUT2D eigenvalue weighted by molar-refractivity contribution is 6.34. The largest absolute Gasteiger partial charge is 0.460 e. The van der Waals surface area contributed by atoms with Crippen molar-refractivity contribution in [1.82, 2.24) is 4.98 Å². The van der Waals surface area contributed by atoms with Gasteiger partial charge in [0.15, 0.2) is 0 Å². The monoisotopic (exact) mass is 291 g/mol. The van der Waals surface area contributed by atoms with Gasteiger partial charge in [0.1, 0.15) is 11.8 Å². The van der Waals surface area contributed by atoms with Crippen LogP contribution in [-0.2, 0) is 9.47 Å². The molecule has 0 spiro atoms. The molecule has 1 rings (SSSR count). The maximum Gasteiger partial charge on any atom is 0.339 e. The average molecular weight is 292 g/mol. The maximum absolute atomic E-state index is 11.7. The van der Waals surface area contributed by atoms with Gasteiger partial charge in [-0.2, -0.15) is 0 Å². The number of hydrogen-bond acceptors (Lipinski definition) is 4. The van der Waals surface area contributed by atoms with Crippen LogP contribution in [0.1, 0.15) is 31.1 Å². The summed E-state index contributed by atoms with van der Waals surface area (Å²) in [5.74, 6) is -0.540. The van der Waals surface area contributed by atoms with Gasteiger partial charge in [0, 0.05) is 6.20 Å². The van der Waals surface area contributed by atoms with Crippen molar-refractivity contribution in [2.75, 3.05) is 13.2 Å². The molecule has 0 saturated carbocycles. The molecule has 0 amide bonds. The van der Waals surface area contributed by atoms with Crippen LogP contribution in [0.5, 0.6) is 0 Å². The summed E-state index contributed by atoms with van der Waals surface area (Å²) in [4.78, 5) is 15.4. The van der Waals surface area contributed by atoms with E-state index in [-0.39, 0.29) is 27.9 Å². The summed E-state index contributed by atoms with van der Waals surface area (Å²) >= 11 is 11.5. The molecule has 1 heterocycles. The molecule has 100 valence electrons. The highest BCUT2D eigenvalue weighted by atomic mass is 35.5. The lowest BCUT2D eigenvalue weighted by molar-refractivity contribution is -0.0281. The van der Waals surface area contributed by atoms with Gasteiger partial charge < -0.3 is 9.47 Å². The van der Waals surface area contributed by atoms with Crippen molar-refractivity contribution >= 4 is 29.2 Å². The molecule has 0 aliphatic rings.